The molecule has 1 amide bonds. The van der Waals surface area contributed by atoms with Crippen LogP contribution >= 0.6 is 23.2 Å². The van der Waals surface area contributed by atoms with E-state index in [1.54, 1.807) is 18.9 Å². The van der Waals surface area contributed by atoms with Crippen molar-refractivity contribution < 1.29 is 23.5 Å². The van der Waals surface area contributed by atoms with Crippen LogP contribution in [0, 0.1) is 12.8 Å². The third kappa shape index (κ3) is 5.20. The Labute approximate surface area is 217 Å². The Hall–Kier alpha value is -2.71. The number of hydrogen-bond acceptors (Lipinski definition) is 3. The molecular weight excluding hydrogens is 511 g/mol. The molecule has 3 heterocycles. The summed E-state index contributed by atoms with van der Waals surface area (Å²) in [5.41, 5.74) is 2.77. The highest BCUT2D eigenvalue weighted by atomic mass is 35.5. The molecular formula is C26H27Cl2F2N3O3. The highest BCUT2D eigenvalue weighted by molar-refractivity contribution is 6.37. The third-order valence-corrected chi connectivity index (χ3v) is 7.70. The molecule has 1 saturated heterocycles. The van der Waals surface area contributed by atoms with E-state index in [9.17, 15) is 18.4 Å². The van der Waals surface area contributed by atoms with Gasteiger partial charge in [-0.15, -0.1) is 0 Å². The molecule has 0 aliphatic carbocycles. The van der Waals surface area contributed by atoms with Gasteiger partial charge in [0.25, 0.3) is 11.8 Å². The largest absolute Gasteiger partial charge is 0.481 e. The van der Waals surface area contributed by atoms with Gasteiger partial charge >= 0.3 is 5.97 Å². The van der Waals surface area contributed by atoms with Crippen LogP contribution in [0.15, 0.2) is 24.4 Å². The van der Waals surface area contributed by atoms with Gasteiger partial charge in [-0.2, -0.15) is 0 Å². The number of carboxylic acids is 1. The maximum Gasteiger partial charge on any atom is 0.303 e. The predicted molar refractivity (Wildman–Crippen MR) is 135 cm³/mol. The molecule has 6 nitrogen and oxygen atoms in total. The number of benzene rings is 1. The molecule has 0 saturated carbocycles. The predicted octanol–water partition coefficient (Wildman–Crippen LogP) is 6.22. The summed E-state index contributed by atoms with van der Waals surface area (Å²) in [7, 11) is 1.80. The van der Waals surface area contributed by atoms with Gasteiger partial charge in [-0.1, -0.05) is 23.2 Å². The molecule has 1 fully saturated rings. The fourth-order valence-corrected chi connectivity index (χ4v) is 5.38. The van der Waals surface area contributed by atoms with E-state index in [2.05, 4.69) is 4.98 Å². The first-order chi connectivity index (χ1) is 16.9. The lowest BCUT2D eigenvalue weighted by atomic mass is 9.93. The van der Waals surface area contributed by atoms with Gasteiger partial charge in [0.15, 0.2) is 0 Å². The Morgan fingerprint density at radius 3 is 2.47 bits per heavy atom. The van der Waals surface area contributed by atoms with Crippen molar-refractivity contribution in [3.63, 3.8) is 0 Å². The number of aryl methyl sites for hydroxylation is 2. The van der Waals surface area contributed by atoms with Crippen LogP contribution in [-0.4, -0.2) is 44.5 Å². The monoisotopic (exact) mass is 537 g/mol. The second kappa shape index (κ2) is 9.98. The van der Waals surface area contributed by atoms with Crippen molar-refractivity contribution in [3.05, 3.63) is 62.5 Å². The fourth-order valence-electron chi connectivity index (χ4n) is 4.82. The van der Waals surface area contributed by atoms with Crippen LogP contribution in [0.2, 0.25) is 10.0 Å². The molecule has 0 atom stereocenters. The average molecular weight is 538 g/mol. The van der Waals surface area contributed by atoms with E-state index in [0.29, 0.717) is 42.0 Å². The number of halogens is 4. The van der Waals surface area contributed by atoms with E-state index in [0.717, 1.165) is 23.6 Å². The van der Waals surface area contributed by atoms with Crippen molar-refractivity contribution >= 4 is 46.0 Å². The quantitative estimate of drug-likeness (QED) is 0.405. The Kier molecular flexibility index (Phi) is 7.30. The van der Waals surface area contributed by atoms with E-state index in [-0.39, 0.29) is 40.9 Å². The molecule has 0 bridgehead atoms. The molecule has 1 aliphatic rings. The summed E-state index contributed by atoms with van der Waals surface area (Å²) in [5, 5.41) is 10.3. The molecule has 0 radical (unpaired) electrons. The van der Waals surface area contributed by atoms with E-state index in [1.807, 2.05) is 10.6 Å². The van der Waals surface area contributed by atoms with Gasteiger partial charge in [-0.3, -0.25) is 9.59 Å². The number of nitrogens with zero attached hydrogens (tertiary/aromatic N) is 3. The van der Waals surface area contributed by atoms with Gasteiger partial charge in [-0.25, -0.2) is 13.8 Å². The number of carbonyl (C=O) groups is 2. The summed E-state index contributed by atoms with van der Waals surface area (Å²) in [6, 6.07) is 4.91. The molecule has 1 N–H and O–H groups in total. The topological polar surface area (TPSA) is 75.4 Å². The van der Waals surface area contributed by atoms with Gasteiger partial charge in [0.1, 0.15) is 5.69 Å². The maximum atomic E-state index is 14.0. The summed E-state index contributed by atoms with van der Waals surface area (Å²) >= 11 is 13.1. The zero-order valence-electron chi connectivity index (χ0n) is 20.2. The summed E-state index contributed by atoms with van der Waals surface area (Å²) in [6.45, 7) is 3.53. The standard InChI is InChI=1S/C26H27Cl2F2N3O3/c1-14-8-16(26(2,29)30)10-21-18(14)11-17(32(21)3)12-19-20(27)13-31-24(23(19)28)25(36)33-6-4-15(5-7-33)9-22(34)35/h8,10-11,13,15H,4-7,9,12H2,1-3H3,(H,34,35). The van der Waals surface area contributed by atoms with E-state index in [4.69, 9.17) is 28.3 Å². The van der Waals surface area contributed by atoms with Crippen molar-refractivity contribution in [3.8, 4) is 0 Å². The molecule has 2 aromatic heterocycles. The van der Waals surface area contributed by atoms with Crippen molar-refractivity contribution in [2.45, 2.75) is 45.5 Å². The highest BCUT2D eigenvalue weighted by Gasteiger charge is 2.29. The van der Waals surface area contributed by atoms with Crippen LogP contribution in [0.25, 0.3) is 10.9 Å². The number of hydrogen-bond donors (Lipinski definition) is 1. The molecule has 1 aliphatic heterocycles. The zero-order chi connectivity index (χ0) is 26.4. The minimum Gasteiger partial charge on any atom is -0.481 e. The number of piperidine rings is 1. The first-order valence-electron chi connectivity index (χ1n) is 11.7. The SMILES string of the molecule is Cc1cc(C(C)(F)F)cc2c1cc(Cc1c(Cl)cnc(C(=O)N3CCC(CC(=O)O)CC3)c1Cl)n2C. The van der Waals surface area contributed by atoms with E-state index >= 15 is 0 Å². The van der Waals surface area contributed by atoms with Crippen LogP contribution in [0.5, 0.6) is 0 Å². The van der Waals surface area contributed by atoms with E-state index < -0.39 is 11.9 Å². The summed E-state index contributed by atoms with van der Waals surface area (Å²) in [6.07, 6.45) is 2.98. The lowest BCUT2D eigenvalue weighted by molar-refractivity contribution is -0.138. The molecule has 10 heteroatoms. The molecule has 4 rings (SSSR count). The first kappa shape index (κ1) is 26.4. The second-order valence-corrected chi connectivity index (χ2v) is 10.4. The van der Waals surface area contributed by atoms with Crippen LogP contribution in [0.4, 0.5) is 8.78 Å². The van der Waals surface area contributed by atoms with Crippen molar-refractivity contribution in [1.29, 1.82) is 0 Å². The number of aliphatic carboxylic acids is 1. The van der Waals surface area contributed by atoms with Gasteiger partial charge in [-0.05, 0) is 55.0 Å². The number of aromatic nitrogens is 2. The smallest absolute Gasteiger partial charge is 0.303 e. The lowest BCUT2D eigenvalue weighted by Crippen LogP contribution is -2.39. The minimum absolute atomic E-state index is 0.0406. The third-order valence-electron chi connectivity index (χ3n) is 6.97. The summed E-state index contributed by atoms with van der Waals surface area (Å²) in [5.74, 6) is -4.08. The molecule has 0 spiro atoms. The average Bonchev–Trinajstić information content (AvgIpc) is 3.12. The summed E-state index contributed by atoms with van der Waals surface area (Å²) < 4.78 is 29.8. The van der Waals surface area contributed by atoms with Gasteiger partial charge in [0.05, 0.1) is 10.0 Å². The number of amides is 1. The lowest BCUT2D eigenvalue weighted by Gasteiger charge is -2.31. The molecule has 192 valence electrons. The Morgan fingerprint density at radius 2 is 1.86 bits per heavy atom. The van der Waals surface area contributed by atoms with Gasteiger partial charge < -0.3 is 14.6 Å². The maximum absolute atomic E-state index is 14.0. The number of alkyl halides is 2. The van der Waals surface area contributed by atoms with Crippen LogP contribution in [0.1, 0.15) is 59.1 Å². The highest BCUT2D eigenvalue weighted by Crippen LogP contribution is 2.35. The van der Waals surface area contributed by atoms with Crippen molar-refractivity contribution in [1.82, 2.24) is 14.5 Å². The number of rotatable bonds is 6. The number of carbonyl (C=O) groups excluding carboxylic acids is 1. The fraction of sp³-hybridized carbons (Fsp3) is 0.423. The number of carboxylic acid groups (broad SMARTS) is 1. The molecule has 36 heavy (non-hydrogen) atoms. The van der Waals surface area contributed by atoms with Crippen LogP contribution in [-0.2, 0) is 24.2 Å². The van der Waals surface area contributed by atoms with Gasteiger partial charge in [0.2, 0.25) is 0 Å². The van der Waals surface area contributed by atoms with Crippen LogP contribution in [0.3, 0.4) is 0 Å². The van der Waals surface area contributed by atoms with Crippen LogP contribution < -0.4 is 0 Å². The first-order valence-corrected chi connectivity index (χ1v) is 12.4. The second-order valence-electron chi connectivity index (χ2n) is 9.57. The van der Waals surface area contributed by atoms with Crippen molar-refractivity contribution in [2.75, 3.05) is 13.1 Å². The number of pyridine rings is 1. The molecule has 1 aromatic carbocycles. The molecule has 3 aromatic rings. The summed E-state index contributed by atoms with van der Waals surface area (Å²) in [4.78, 5) is 30.0. The number of likely N-dealkylation sites (tertiary alicyclic amines) is 1. The Bertz CT molecular complexity index is 1340. The Balaban J connectivity index is 1.62. The Morgan fingerprint density at radius 1 is 1.19 bits per heavy atom. The van der Waals surface area contributed by atoms with E-state index in [1.165, 1.54) is 18.3 Å². The normalized spacial score (nSPS) is 15.0. The van der Waals surface area contributed by atoms with Crippen molar-refractivity contribution in [2.24, 2.45) is 13.0 Å². The molecule has 0 unspecified atom stereocenters. The minimum atomic E-state index is -2.96. The van der Waals surface area contributed by atoms with Gasteiger partial charge in [0, 0.05) is 68.3 Å². The zero-order valence-corrected chi connectivity index (χ0v) is 21.8. The number of fused-ring (bicyclic) bond motifs is 1.